The van der Waals surface area contributed by atoms with E-state index in [0.29, 0.717) is 18.7 Å². The molecule has 19 heavy (non-hydrogen) atoms. The molecule has 0 atom stereocenters. The molecular formula is C12H24N5OS+. The van der Waals surface area contributed by atoms with Gasteiger partial charge >= 0.3 is 0 Å². The topological polar surface area (TPSA) is 71.5 Å². The molecule has 0 radical (unpaired) electrons. The second-order valence-corrected chi connectivity index (χ2v) is 5.71. The number of aryl methyl sites for hydroxylation is 1. The van der Waals surface area contributed by atoms with Gasteiger partial charge in [-0.15, -0.1) is 10.2 Å². The molecule has 0 saturated carbocycles. The summed E-state index contributed by atoms with van der Waals surface area (Å²) in [6.07, 6.45) is 1.33. The summed E-state index contributed by atoms with van der Waals surface area (Å²) in [5.74, 6) is 1.39. The average Bonchev–Trinajstić information content (AvgIpc) is 2.94. The van der Waals surface area contributed by atoms with Crippen molar-refractivity contribution in [1.82, 2.24) is 20.6 Å². The van der Waals surface area contributed by atoms with Gasteiger partial charge in [-0.25, -0.2) is 0 Å². The van der Waals surface area contributed by atoms with Crippen LogP contribution in [0.4, 0.5) is 0 Å². The molecule has 6 nitrogen and oxygen atoms in total. The van der Waals surface area contributed by atoms with Crippen LogP contribution in [0.5, 0.6) is 0 Å². The zero-order valence-electron chi connectivity index (χ0n) is 12.1. The molecule has 1 aromatic heterocycles. The first-order valence-electron chi connectivity index (χ1n) is 6.88. The van der Waals surface area contributed by atoms with Crippen LogP contribution in [0, 0.1) is 0 Å². The monoisotopic (exact) mass is 286 g/mol. The fourth-order valence-corrected chi connectivity index (χ4v) is 2.84. The molecule has 0 aliphatic rings. The summed E-state index contributed by atoms with van der Waals surface area (Å²) in [7, 11) is 0. The van der Waals surface area contributed by atoms with Crippen LogP contribution in [0.2, 0.25) is 0 Å². The summed E-state index contributed by atoms with van der Waals surface area (Å²) in [6, 6.07) is 0. The van der Waals surface area contributed by atoms with Gasteiger partial charge in [-0.1, -0.05) is 17.0 Å². The first-order valence-corrected chi connectivity index (χ1v) is 7.87. The number of nitrogens with zero attached hydrogens (tertiary/aromatic N) is 4. The lowest BCUT2D eigenvalue weighted by Gasteiger charge is -2.35. The third-order valence-electron chi connectivity index (χ3n) is 3.78. The van der Waals surface area contributed by atoms with Crippen molar-refractivity contribution in [3.63, 3.8) is 0 Å². The molecule has 0 aromatic carbocycles. The number of tetrazole rings is 1. The Hall–Kier alpha value is -0.950. The van der Waals surface area contributed by atoms with Gasteiger partial charge in [-0.2, -0.15) is 5.21 Å². The van der Waals surface area contributed by atoms with Gasteiger partial charge in [0.2, 0.25) is 0 Å². The summed E-state index contributed by atoms with van der Waals surface area (Å²) < 4.78 is 1.02. The van der Waals surface area contributed by atoms with Gasteiger partial charge in [0.15, 0.2) is 10.9 Å². The number of carbonyl (C=O) groups excluding carboxylic acids is 1. The van der Waals surface area contributed by atoms with Gasteiger partial charge < -0.3 is 4.48 Å². The lowest BCUT2D eigenvalue weighted by atomic mass is 10.3. The van der Waals surface area contributed by atoms with Crippen molar-refractivity contribution < 1.29 is 9.28 Å². The first kappa shape index (κ1) is 16.1. The number of quaternary nitrogens is 1. The number of aromatic amines is 1. The van der Waals surface area contributed by atoms with Crippen LogP contribution in [-0.2, 0) is 11.2 Å². The van der Waals surface area contributed by atoms with Crippen molar-refractivity contribution in [3.8, 4) is 0 Å². The van der Waals surface area contributed by atoms with Gasteiger partial charge in [0.05, 0.1) is 32.6 Å². The highest BCUT2D eigenvalue weighted by Crippen LogP contribution is 2.12. The van der Waals surface area contributed by atoms with E-state index in [1.165, 1.54) is 11.8 Å². The maximum atomic E-state index is 11.9. The summed E-state index contributed by atoms with van der Waals surface area (Å²) >= 11 is 1.38. The molecule has 0 aliphatic carbocycles. The first-order chi connectivity index (χ1) is 9.15. The predicted octanol–water partition coefficient (Wildman–Crippen LogP) is 1.27. The zero-order valence-corrected chi connectivity index (χ0v) is 12.9. The van der Waals surface area contributed by atoms with Crippen molar-refractivity contribution >= 4 is 16.9 Å². The van der Waals surface area contributed by atoms with E-state index in [4.69, 9.17) is 0 Å². The van der Waals surface area contributed by atoms with Crippen molar-refractivity contribution in [2.24, 2.45) is 0 Å². The standard InChI is InChI=1S/C12H24N5OS/c1-4-17(5-2,6-3)9-7-12(18)19-10-8-11-13-15-16-14-11/h4-10H2,1-3H3,(H,13,14,15,16)/q+1. The predicted molar refractivity (Wildman–Crippen MR) is 76.7 cm³/mol. The number of thioether (sulfide) groups is 1. The summed E-state index contributed by atoms with van der Waals surface area (Å²) in [6.45, 7) is 10.8. The number of H-pyrrole nitrogens is 1. The van der Waals surface area contributed by atoms with Crippen LogP contribution >= 0.6 is 11.8 Å². The Kier molecular flexibility index (Phi) is 7.01. The lowest BCUT2D eigenvalue weighted by Crippen LogP contribution is -2.48. The van der Waals surface area contributed by atoms with E-state index in [1.807, 2.05) is 0 Å². The Balaban J connectivity index is 2.23. The maximum Gasteiger partial charge on any atom is 0.194 e. The van der Waals surface area contributed by atoms with Crippen LogP contribution in [0.1, 0.15) is 33.0 Å². The van der Waals surface area contributed by atoms with E-state index >= 15 is 0 Å². The normalized spacial score (nSPS) is 11.7. The van der Waals surface area contributed by atoms with Gasteiger partial charge in [0.1, 0.15) is 0 Å². The Labute approximate surface area is 118 Å². The fraction of sp³-hybridized carbons (Fsp3) is 0.833. The van der Waals surface area contributed by atoms with Crippen molar-refractivity contribution in [1.29, 1.82) is 0 Å². The second-order valence-electron chi connectivity index (χ2n) is 4.56. The van der Waals surface area contributed by atoms with Crippen LogP contribution < -0.4 is 0 Å². The molecule has 108 valence electrons. The molecular weight excluding hydrogens is 262 g/mol. The van der Waals surface area contributed by atoms with E-state index in [0.717, 1.165) is 36.4 Å². The van der Waals surface area contributed by atoms with Gasteiger partial charge in [-0.05, 0) is 20.8 Å². The number of hydrogen-bond acceptors (Lipinski definition) is 5. The number of carbonyl (C=O) groups is 1. The van der Waals surface area contributed by atoms with Crippen LogP contribution in [0.3, 0.4) is 0 Å². The third kappa shape index (κ3) is 5.28. The Bertz CT molecular complexity index is 356. The fourth-order valence-electron chi connectivity index (χ4n) is 2.09. The lowest BCUT2D eigenvalue weighted by molar-refractivity contribution is -0.922. The Morgan fingerprint density at radius 3 is 2.47 bits per heavy atom. The molecule has 1 rings (SSSR count). The molecule has 1 heterocycles. The molecule has 0 fully saturated rings. The summed E-state index contributed by atoms with van der Waals surface area (Å²) in [5, 5.41) is 13.9. The third-order valence-corrected chi connectivity index (χ3v) is 4.72. The summed E-state index contributed by atoms with van der Waals surface area (Å²) in [5.41, 5.74) is 0. The largest absolute Gasteiger partial charge is 0.324 e. The minimum atomic E-state index is 0.265. The number of nitrogens with one attached hydrogen (secondary N) is 1. The highest BCUT2D eigenvalue weighted by molar-refractivity contribution is 8.13. The SMILES string of the molecule is CC[N+](CC)(CC)CCC(=O)SCCc1nn[nH]n1. The summed E-state index contributed by atoms with van der Waals surface area (Å²) in [4.78, 5) is 11.9. The van der Waals surface area contributed by atoms with Crippen LogP contribution in [-0.4, -0.2) is 62.2 Å². The number of rotatable bonds is 9. The van der Waals surface area contributed by atoms with E-state index in [2.05, 4.69) is 41.4 Å². The Morgan fingerprint density at radius 1 is 1.26 bits per heavy atom. The van der Waals surface area contributed by atoms with Crippen LogP contribution in [0.25, 0.3) is 0 Å². The quantitative estimate of drug-likeness (QED) is 0.692. The van der Waals surface area contributed by atoms with E-state index < -0.39 is 0 Å². The zero-order chi connectivity index (χ0) is 14.1. The minimum absolute atomic E-state index is 0.265. The van der Waals surface area contributed by atoms with Gasteiger partial charge in [0, 0.05) is 12.2 Å². The highest BCUT2D eigenvalue weighted by atomic mass is 32.2. The van der Waals surface area contributed by atoms with Gasteiger partial charge in [-0.3, -0.25) is 4.79 Å². The second kappa shape index (κ2) is 8.27. The maximum absolute atomic E-state index is 11.9. The van der Waals surface area contributed by atoms with E-state index in [-0.39, 0.29) is 5.12 Å². The number of aromatic nitrogens is 4. The molecule has 0 bridgehead atoms. The van der Waals surface area contributed by atoms with Gasteiger partial charge in [0.25, 0.3) is 0 Å². The smallest absolute Gasteiger partial charge is 0.194 e. The van der Waals surface area contributed by atoms with E-state index in [9.17, 15) is 4.79 Å². The molecule has 7 heteroatoms. The molecule has 0 amide bonds. The number of hydrogen-bond donors (Lipinski definition) is 1. The highest BCUT2D eigenvalue weighted by Gasteiger charge is 2.21. The van der Waals surface area contributed by atoms with Crippen molar-refractivity contribution in [3.05, 3.63) is 5.82 Å². The van der Waals surface area contributed by atoms with E-state index in [1.54, 1.807) is 0 Å². The molecule has 0 aliphatic heterocycles. The molecule has 0 saturated heterocycles. The molecule has 0 spiro atoms. The van der Waals surface area contributed by atoms with Crippen LogP contribution in [0.15, 0.2) is 0 Å². The molecule has 1 aromatic rings. The Morgan fingerprint density at radius 2 is 1.95 bits per heavy atom. The van der Waals surface area contributed by atoms with Crippen molar-refractivity contribution in [2.75, 3.05) is 31.9 Å². The molecule has 1 N–H and O–H groups in total. The molecule has 0 unspecified atom stereocenters. The average molecular weight is 286 g/mol. The minimum Gasteiger partial charge on any atom is -0.324 e. The van der Waals surface area contributed by atoms with Crippen molar-refractivity contribution in [2.45, 2.75) is 33.6 Å².